The molecule has 110 valence electrons. The second-order valence-electron chi connectivity index (χ2n) is 4.79. The fourth-order valence-corrected chi connectivity index (χ4v) is 2.34. The van der Waals surface area contributed by atoms with Gasteiger partial charge in [-0.05, 0) is 36.8 Å². The molecule has 1 aliphatic rings. The summed E-state index contributed by atoms with van der Waals surface area (Å²) in [4.78, 5) is 16.1. The highest BCUT2D eigenvalue weighted by Gasteiger charge is 2.25. The Morgan fingerprint density at radius 3 is 2.68 bits per heavy atom. The van der Waals surface area contributed by atoms with Crippen molar-refractivity contribution in [3.8, 4) is 0 Å². The van der Waals surface area contributed by atoms with E-state index < -0.39 is 11.8 Å². The molecule has 0 radical (unpaired) electrons. The molecule has 0 bridgehead atoms. The molecule has 1 aliphatic heterocycles. The van der Waals surface area contributed by atoms with E-state index in [0.29, 0.717) is 0 Å². The van der Waals surface area contributed by atoms with Crippen LogP contribution in [0.4, 0.5) is 4.39 Å². The molecule has 5 heteroatoms. The van der Waals surface area contributed by atoms with E-state index in [2.05, 4.69) is 4.99 Å². The number of nitrogens with zero attached hydrogens (tertiary/aromatic N) is 1. The maximum Gasteiger partial charge on any atom is 0.363 e. The summed E-state index contributed by atoms with van der Waals surface area (Å²) in [6, 6.07) is 11.7. The van der Waals surface area contributed by atoms with Crippen LogP contribution in [0.5, 0.6) is 0 Å². The van der Waals surface area contributed by atoms with E-state index >= 15 is 0 Å². The minimum Gasteiger partial charge on any atom is -0.402 e. The Balaban J connectivity index is 2.04. The lowest BCUT2D eigenvalue weighted by atomic mass is 10.1. The van der Waals surface area contributed by atoms with Crippen LogP contribution in [0.3, 0.4) is 0 Å². The highest BCUT2D eigenvalue weighted by molar-refractivity contribution is 6.32. The van der Waals surface area contributed by atoms with Crippen LogP contribution >= 0.6 is 11.6 Å². The van der Waals surface area contributed by atoms with Crippen LogP contribution in [0.15, 0.2) is 53.2 Å². The molecule has 2 aromatic carbocycles. The van der Waals surface area contributed by atoms with E-state index in [4.69, 9.17) is 16.3 Å². The fourth-order valence-electron chi connectivity index (χ4n) is 2.12. The number of ether oxygens (including phenoxy) is 1. The van der Waals surface area contributed by atoms with Gasteiger partial charge >= 0.3 is 5.97 Å². The van der Waals surface area contributed by atoms with Crippen molar-refractivity contribution in [2.24, 2.45) is 4.99 Å². The lowest BCUT2D eigenvalue weighted by Gasteiger charge is -2.02. The topological polar surface area (TPSA) is 38.7 Å². The zero-order valence-corrected chi connectivity index (χ0v) is 12.4. The molecule has 0 fully saturated rings. The number of cyclic esters (lactones) is 1. The number of aryl methyl sites for hydroxylation is 1. The van der Waals surface area contributed by atoms with Gasteiger partial charge in [-0.15, -0.1) is 0 Å². The van der Waals surface area contributed by atoms with Crippen molar-refractivity contribution in [2.75, 3.05) is 0 Å². The van der Waals surface area contributed by atoms with Gasteiger partial charge in [-0.3, -0.25) is 0 Å². The third-order valence-corrected chi connectivity index (χ3v) is 3.61. The molecule has 0 aromatic heterocycles. The number of carbonyl (C=O) groups excluding carboxylic acids is 1. The van der Waals surface area contributed by atoms with Crippen molar-refractivity contribution >= 4 is 29.5 Å². The molecule has 0 spiro atoms. The second-order valence-corrected chi connectivity index (χ2v) is 5.19. The summed E-state index contributed by atoms with van der Waals surface area (Å²) < 4.78 is 19.0. The SMILES string of the molecule is Cc1ccccc1C1=NC(=Cc2c(F)cccc2Cl)C(=O)O1. The summed E-state index contributed by atoms with van der Waals surface area (Å²) in [7, 11) is 0. The van der Waals surface area contributed by atoms with Crippen molar-refractivity contribution in [1.29, 1.82) is 0 Å². The van der Waals surface area contributed by atoms with Crippen molar-refractivity contribution in [3.05, 3.63) is 75.7 Å². The smallest absolute Gasteiger partial charge is 0.363 e. The van der Waals surface area contributed by atoms with Gasteiger partial charge in [-0.2, -0.15) is 0 Å². The highest BCUT2D eigenvalue weighted by atomic mass is 35.5. The van der Waals surface area contributed by atoms with Crippen LogP contribution in [0.25, 0.3) is 6.08 Å². The molecule has 0 amide bonds. The van der Waals surface area contributed by atoms with Gasteiger partial charge in [0.15, 0.2) is 5.70 Å². The average molecular weight is 316 g/mol. The first-order chi connectivity index (χ1) is 10.6. The molecular formula is C17H11ClFNO2. The molecule has 22 heavy (non-hydrogen) atoms. The molecule has 2 aromatic rings. The number of esters is 1. The van der Waals surface area contributed by atoms with E-state index in [0.717, 1.165) is 11.1 Å². The van der Waals surface area contributed by atoms with Crippen molar-refractivity contribution in [1.82, 2.24) is 0 Å². The maximum absolute atomic E-state index is 13.8. The summed E-state index contributed by atoms with van der Waals surface area (Å²) in [5.74, 6) is -0.938. The van der Waals surface area contributed by atoms with Gasteiger partial charge in [0.1, 0.15) is 5.82 Å². The zero-order valence-electron chi connectivity index (χ0n) is 11.6. The highest BCUT2D eigenvalue weighted by Crippen LogP contribution is 2.25. The molecule has 0 saturated carbocycles. The number of rotatable bonds is 2. The third-order valence-electron chi connectivity index (χ3n) is 3.28. The Labute approximate surface area is 131 Å². The third kappa shape index (κ3) is 2.65. The minimum atomic E-state index is -0.627. The van der Waals surface area contributed by atoms with E-state index in [1.165, 1.54) is 18.2 Å². The lowest BCUT2D eigenvalue weighted by molar-refractivity contribution is -0.129. The number of hydrogen-bond donors (Lipinski definition) is 0. The molecule has 0 aliphatic carbocycles. The molecule has 0 saturated heterocycles. The first-order valence-electron chi connectivity index (χ1n) is 6.59. The fraction of sp³-hybridized carbons (Fsp3) is 0.0588. The van der Waals surface area contributed by atoms with Crippen LogP contribution in [0, 0.1) is 12.7 Å². The van der Waals surface area contributed by atoms with Crippen molar-refractivity contribution in [3.63, 3.8) is 0 Å². The van der Waals surface area contributed by atoms with Gasteiger partial charge in [0.2, 0.25) is 5.90 Å². The summed E-state index contributed by atoms with van der Waals surface area (Å²) in [5, 5.41) is 0.208. The molecule has 3 rings (SSSR count). The molecule has 3 nitrogen and oxygen atoms in total. The number of carbonyl (C=O) groups is 1. The zero-order chi connectivity index (χ0) is 15.7. The Kier molecular flexibility index (Phi) is 3.77. The Morgan fingerprint density at radius 2 is 1.95 bits per heavy atom. The summed E-state index contributed by atoms with van der Waals surface area (Å²) in [6.07, 6.45) is 1.30. The number of halogens is 2. The molecule has 0 atom stereocenters. The van der Waals surface area contributed by atoms with Gasteiger partial charge in [0.05, 0.1) is 5.02 Å². The minimum absolute atomic E-state index is 0.0188. The first-order valence-corrected chi connectivity index (χ1v) is 6.96. The molecule has 0 unspecified atom stereocenters. The van der Waals surface area contributed by atoms with E-state index in [9.17, 15) is 9.18 Å². The molecule has 0 N–H and O–H groups in total. The lowest BCUT2D eigenvalue weighted by Crippen LogP contribution is -2.06. The van der Waals surface area contributed by atoms with Gasteiger partial charge in [-0.25, -0.2) is 14.2 Å². The normalized spacial score (nSPS) is 15.9. The van der Waals surface area contributed by atoms with E-state index in [1.54, 1.807) is 12.1 Å². The van der Waals surface area contributed by atoms with Crippen LogP contribution in [0.2, 0.25) is 5.02 Å². The van der Waals surface area contributed by atoms with Crippen LogP contribution in [-0.4, -0.2) is 11.9 Å². The average Bonchev–Trinajstić information content (AvgIpc) is 2.84. The van der Waals surface area contributed by atoms with Crippen molar-refractivity contribution < 1.29 is 13.9 Å². The van der Waals surface area contributed by atoms with Crippen LogP contribution in [-0.2, 0) is 9.53 Å². The van der Waals surface area contributed by atoms with Crippen LogP contribution in [0.1, 0.15) is 16.7 Å². The first kappa shape index (κ1) is 14.5. The largest absolute Gasteiger partial charge is 0.402 e. The molecular weight excluding hydrogens is 305 g/mol. The Bertz CT molecular complexity index is 807. The predicted molar refractivity (Wildman–Crippen MR) is 83.2 cm³/mol. The maximum atomic E-state index is 13.8. The quantitative estimate of drug-likeness (QED) is 0.617. The monoisotopic (exact) mass is 315 g/mol. The summed E-state index contributed by atoms with van der Waals surface area (Å²) in [6.45, 7) is 1.89. The second kappa shape index (κ2) is 5.73. The van der Waals surface area contributed by atoms with Gasteiger partial charge in [0.25, 0.3) is 0 Å². The Hall–Kier alpha value is -2.46. The van der Waals surface area contributed by atoms with Crippen molar-refractivity contribution in [2.45, 2.75) is 6.92 Å². The predicted octanol–water partition coefficient (Wildman–Crippen LogP) is 4.13. The number of aliphatic imine (C=N–C) groups is 1. The summed E-state index contributed by atoms with van der Waals surface area (Å²) in [5.41, 5.74) is 1.79. The Morgan fingerprint density at radius 1 is 1.18 bits per heavy atom. The van der Waals surface area contributed by atoms with Gasteiger partial charge in [0, 0.05) is 11.1 Å². The number of benzene rings is 2. The van der Waals surface area contributed by atoms with Gasteiger partial charge in [-0.1, -0.05) is 35.9 Å². The van der Waals surface area contributed by atoms with Crippen LogP contribution < -0.4 is 0 Å². The standard InChI is InChI=1S/C17H11ClFNO2/c1-10-5-2-3-6-11(10)16-20-15(17(21)22-16)9-12-13(18)7-4-8-14(12)19/h2-9H,1H3. The number of hydrogen-bond acceptors (Lipinski definition) is 3. The molecule has 1 heterocycles. The van der Waals surface area contributed by atoms with E-state index in [-0.39, 0.29) is 22.2 Å². The van der Waals surface area contributed by atoms with E-state index in [1.807, 2.05) is 25.1 Å². The van der Waals surface area contributed by atoms with Gasteiger partial charge < -0.3 is 4.74 Å². The summed E-state index contributed by atoms with van der Waals surface area (Å²) >= 11 is 5.95.